The van der Waals surface area contributed by atoms with Crippen molar-refractivity contribution in [2.45, 2.75) is 32.4 Å². The zero-order valence-corrected chi connectivity index (χ0v) is 22.2. The van der Waals surface area contributed by atoms with Crippen molar-refractivity contribution < 1.29 is 19.2 Å². The minimum absolute atomic E-state index is 0.0310. The summed E-state index contributed by atoms with van der Waals surface area (Å²) in [5, 5.41) is 14.0. The number of anilines is 2. The molecule has 204 valence electrons. The summed E-state index contributed by atoms with van der Waals surface area (Å²) in [6.45, 7) is 3.81. The van der Waals surface area contributed by atoms with Gasteiger partial charge >= 0.3 is 6.03 Å². The lowest BCUT2D eigenvalue weighted by Gasteiger charge is -2.27. The van der Waals surface area contributed by atoms with Gasteiger partial charge in [-0.25, -0.2) is 9.78 Å². The molecule has 39 heavy (non-hydrogen) atoms. The van der Waals surface area contributed by atoms with Crippen LogP contribution < -0.4 is 16.0 Å². The van der Waals surface area contributed by atoms with E-state index < -0.39 is 0 Å². The summed E-state index contributed by atoms with van der Waals surface area (Å²) in [5.74, 6) is -0.629. The van der Waals surface area contributed by atoms with Crippen molar-refractivity contribution in [3.63, 3.8) is 0 Å². The first-order valence-electron chi connectivity index (χ1n) is 12.8. The van der Waals surface area contributed by atoms with Crippen LogP contribution in [0.15, 0.2) is 36.4 Å². The van der Waals surface area contributed by atoms with Crippen molar-refractivity contribution >= 4 is 57.6 Å². The van der Waals surface area contributed by atoms with Crippen molar-refractivity contribution in [1.29, 1.82) is 0 Å². The molecular weight excluding hydrogens is 524 g/mol. The van der Waals surface area contributed by atoms with Crippen molar-refractivity contribution in [1.82, 2.24) is 29.9 Å². The molecule has 2 fully saturated rings. The van der Waals surface area contributed by atoms with Crippen molar-refractivity contribution in [3.8, 4) is 0 Å². The minimum Gasteiger partial charge on any atom is -0.329 e. The third kappa shape index (κ3) is 6.35. The number of aromatic nitrogens is 3. The molecule has 5 rings (SSSR count). The van der Waals surface area contributed by atoms with E-state index in [9.17, 15) is 19.2 Å². The number of benzene rings is 1. The molecule has 0 atom stereocenters. The van der Waals surface area contributed by atoms with Gasteiger partial charge < -0.3 is 25.8 Å². The predicted octanol–water partition coefficient (Wildman–Crippen LogP) is 2.35. The summed E-state index contributed by atoms with van der Waals surface area (Å²) < 4.78 is 1.47. The van der Waals surface area contributed by atoms with Crippen molar-refractivity contribution in [2.75, 3.05) is 43.4 Å². The second-order valence-electron chi connectivity index (χ2n) is 9.61. The van der Waals surface area contributed by atoms with E-state index >= 15 is 0 Å². The largest absolute Gasteiger partial charge is 0.329 e. The lowest BCUT2D eigenvalue weighted by Crippen LogP contribution is -2.48. The molecule has 1 aliphatic heterocycles. The normalized spacial score (nSPS) is 15.2. The molecule has 2 aromatic heterocycles. The molecule has 2 aliphatic rings. The van der Waals surface area contributed by atoms with E-state index in [0.29, 0.717) is 35.5 Å². The van der Waals surface area contributed by atoms with Crippen LogP contribution in [0.2, 0.25) is 5.15 Å². The van der Waals surface area contributed by atoms with Gasteiger partial charge in [0.05, 0.1) is 5.52 Å². The number of carbonyl (C=O) groups excluding carboxylic acids is 4. The van der Waals surface area contributed by atoms with Crippen LogP contribution in [0.1, 0.15) is 30.3 Å². The smallest absolute Gasteiger partial charge is 0.321 e. The highest BCUT2D eigenvalue weighted by atomic mass is 35.5. The highest BCUT2D eigenvalue weighted by molar-refractivity contribution is 6.29. The van der Waals surface area contributed by atoms with Gasteiger partial charge in [-0.05, 0) is 43.2 Å². The molecule has 13 heteroatoms. The average molecular weight is 553 g/mol. The molecule has 0 bridgehead atoms. The number of ketones is 1. The molecule has 12 nitrogen and oxygen atoms in total. The number of pyridine rings is 1. The number of amides is 4. The standard InChI is InChI=1S/C26H29ClN8O4/c1-16(36)25-19-13-17(29-26(39)33-11-9-28-10-12-33)5-8-20(19)35(32-25)15-24(38)34(18-6-7-18)14-23(37)31-22-4-2-3-21(27)30-22/h2-5,8,13,18,28H,6-7,9-12,14-15H2,1H3,(H,29,39)(H,30,31,37). The lowest BCUT2D eigenvalue weighted by molar-refractivity contribution is -0.135. The highest BCUT2D eigenvalue weighted by Crippen LogP contribution is 2.28. The van der Waals surface area contributed by atoms with Gasteiger partial charge in [0.2, 0.25) is 11.8 Å². The van der Waals surface area contributed by atoms with E-state index in [1.807, 2.05) is 0 Å². The van der Waals surface area contributed by atoms with Gasteiger partial charge in [-0.15, -0.1) is 0 Å². The minimum atomic E-state index is -0.385. The molecule has 3 heterocycles. The number of nitrogens with one attached hydrogen (secondary N) is 3. The van der Waals surface area contributed by atoms with Crippen LogP contribution in [0, 0.1) is 0 Å². The summed E-state index contributed by atoms with van der Waals surface area (Å²) in [7, 11) is 0. The second kappa shape index (κ2) is 11.4. The van der Waals surface area contributed by atoms with Gasteiger partial charge in [0.1, 0.15) is 29.8 Å². The van der Waals surface area contributed by atoms with Crippen LogP contribution in [-0.2, 0) is 16.1 Å². The fraction of sp³-hybridized carbons (Fsp3) is 0.385. The molecule has 1 aromatic carbocycles. The number of halogens is 1. The van der Waals surface area contributed by atoms with Gasteiger partial charge in [0.15, 0.2) is 5.78 Å². The highest BCUT2D eigenvalue weighted by Gasteiger charge is 2.34. The Morgan fingerprint density at radius 2 is 1.87 bits per heavy atom. The first-order chi connectivity index (χ1) is 18.8. The van der Waals surface area contributed by atoms with E-state index in [1.165, 1.54) is 16.5 Å². The SMILES string of the molecule is CC(=O)c1nn(CC(=O)N(CC(=O)Nc2cccc(Cl)n2)C2CC2)c2ccc(NC(=O)N3CCNCC3)cc12. The zero-order chi connectivity index (χ0) is 27.5. The van der Waals surface area contributed by atoms with Crippen molar-refractivity contribution in [2.24, 2.45) is 0 Å². The number of hydrogen-bond donors (Lipinski definition) is 3. The third-order valence-electron chi connectivity index (χ3n) is 6.63. The number of fused-ring (bicyclic) bond motifs is 1. The summed E-state index contributed by atoms with van der Waals surface area (Å²) in [6, 6.07) is 9.80. The number of piperazine rings is 1. The fourth-order valence-corrected chi connectivity index (χ4v) is 4.71. The van der Waals surface area contributed by atoms with Gasteiger partial charge in [-0.1, -0.05) is 17.7 Å². The maximum Gasteiger partial charge on any atom is 0.321 e. The molecule has 1 aliphatic carbocycles. The zero-order valence-electron chi connectivity index (χ0n) is 21.4. The van der Waals surface area contributed by atoms with Crippen LogP contribution >= 0.6 is 11.6 Å². The van der Waals surface area contributed by atoms with E-state index in [2.05, 4.69) is 26.0 Å². The van der Waals surface area contributed by atoms with Crippen LogP contribution in [0.25, 0.3) is 10.9 Å². The topological polar surface area (TPSA) is 142 Å². The van der Waals surface area contributed by atoms with Gasteiger partial charge in [-0.3, -0.25) is 19.1 Å². The molecule has 0 unspecified atom stereocenters. The average Bonchev–Trinajstić information content (AvgIpc) is 3.69. The van der Waals surface area contributed by atoms with Gasteiger partial charge in [0, 0.05) is 50.2 Å². The Morgan fingerprint density at radius 1 is 1.10 bits per heavy atom. The number of rotatable bonds is 8. The van der Waals surface area contributed by atoms with Crippen LogP contribution in [0.5, 0.6) is 0 Å². The van der Waals surface area contributed by atoms with E-state index in [1.54, 1.807) is 41.3 Å². The number of nitrogens with zero attached hydrogens (tertiary/aromatic N) is 5. The number of carbonyl (C=O) groups is 4. The molecule has 0 spiro atoms. The summed E-state index contributed by atoms with van der Waals surface area (Å²) in [6.07, 6.45) is 1.62. The molecule has 1 saturated heterocycles. The Hall–Kier alpha value is -4.03. The Bertz CT molecular complexity index is 1430. The number of Topliss-reactive ketones (excluding diaryl/α,β-unsaturated/α-hetero) is 1. The molecule has 3 aromatic rings. The summed E-state index contributed by atoms with van der Waals surface area (Å²) >= 11 is 5.89. The molecular formula is C26H29ClN8O4. The molecule has 1 saturated carbocycles. The molecule has 0 radical (unpaired) electrons. The summed E-state index contributed by atoms with van der Waals surface area (Å²) in [5.41, 5.74) is 1.32. The number of urea groups is 1. The second-order valence-corrected chi connectivity index (χ2v) is 10.00. The Morgan fingerprint density at radius 3 is 2.56 bits per heavy atom. The number of hydrogen-bond acceptors (Lipinski definition) is 7. The lowest BCUT2D eigenvalue weighted by atomic mass is 10.1. The van der Waals surface area contributed by atoms with Crippen molar-refractivity contribution in [3.05, 3.63) is 47.2 Å². The quantitative estimate of drug-likeness (QED) is 0.288. The van der Waals surface area contributed by atoms with E-state index in [-0.39, 0.29) is 53.6 Å². The van der Waals surface area contributed by atoms with E-state index in [4.69, 9.17) is 11.6 Å². The van der Waals surface area contributed by atoms with E-state index in [0.717, 1.165) is 25.9 Å². The first kappa shape index (κ1) is 26.6. The van der Waals surface area contributed by atoms with Crippen LogP contribution in [0.4, 0.5) is 16.3 Å². The van der Waals surface area contributed by atoms with Crippen LogP contribution in [-0.4, -0.2) is 87.0 Å². The molecule has 4 amide bonds. The van der Waals surface area contributed by atoms with Gasteiger partial charge in [0.25, 0.3) is 0 Å². The maximum absolute atomic E-state index is 13.3. The first-order valence-corrected chi connectivity index (χ1v) is 13.2. The Labute approximate surface area is 229 Å². The summed E-state index contributed by atoms with van der Waals surface area (Å²) in [4.78, 5) is 58.4. The Balaban J connectivity index is 1.31. The van der Waals surface area contributed by atoms with Crippen LogP contribution in [0.3, 0.4) is 0 Å². The monoisotopic (exact) mass is 552 g/mol. The third-order valence-corrected chi connectivity index (χ3v) is 6.84. The maximum atomic E-state index is 13.3. The predicted molar refractivity (Wildman–Crippen MR) is 146 cm³/mol. The van der Waals surface area contributed by atoms with Gasteiger partial charge in [-0.2, -0.15) is 5.10 Å². The molecule has 3 N–H and O–H groups in total. The fourth-order valence-electron chi connectivity index (χ4n) is 4.55. The Kier molecular flexibility index (Phi) is 7.75.